The molecule has 1 aliphatic rings. The van der Waals surface area contributed by atoms with Crippen molar-refractivity contribution in [1.29, 1.82) is 0 Å². The Bertz CT molecular complexity index is 303. The molecule has 0 bridgehead atoms. The number of aliphatic carboxylic acids is 2. The van der Waals surface area contributed by atoms with E-state index >= 15 is 0 Å². The van der Waals surface area contributed by atoms with Crippen LogP contribution in [0.3, 0.4) is 0 Å². The normalized spacial score (nSPS) is 17.0. The summed E-state index contributed by atoms with van der Waals surface area (Å²) in [4.78, 5) is 23.0. The molecule has 0 aromatic carbocycles. The van der Waals surface area contributed by atoms with E-state index in [2.05, 4.69) is 0 Å². The second-order valence-electron chi connectivity index (χ2n) is 5.97. The minimum atomic E-state index is -1.88. The van der Waals surface area contributed by atoms with Crippen LogP contribution in [0.25, 0.3) is 0 Å². The number of carbonyl (C=O) groups is 2. The molecule has 1 aliphatic carbocycles. The molecule has 1 rings (SSSR count). The smallest absolute Gasteiger partial charge is 0.549 e. The van der Waals surface area contributed by atoms with Gasteiger partial charge in [0, 0.05) is 0 Å². The third kappa shape index (κ3) is 4.21. The molecule has 0 aliphatic heterocycles. The van der Waals surface area contributed by atoms with Crippen molar-refractivity contribution in [2.24, 2.45) is 16.7 Å². The summed E-state index contributed by atoms with van der Waals surface area (Å²) in [6, 6.07) is 0. The minimum Gasteiger partial charge on any atom is -0.549 e. The molecule has 0 heterocycles. The van der Waals surface area contributed by atoms with Crippen LogP contribution in [-0.2, 0) is 9.59 Å². The average molecular weight is 286 g/mol. The van der Waals surface area contributed by atoms with E-state index in [0.29, 0.717) is 12.8 Å². The predicted octanol–water partition coefficient (Wildman–Crippen LogP) is -5.89. The van der Waals surface area contributed by atoms with Gasteiger partial charge in [-0.15, -0.1) is 0 Å². The van der Waals surface area contributed by atoms with Crippen LogP contribution in [0.5, 0.6) is 0 Å². The number of rotatable bonds is 3. The van der Waals surface area contributed by atoms with Crippen molar-refractivity contribution in [3.63, 3.8) is 0 Å². The van der Waals surface area contributed by atoms with Crippen LogP contribution in [0.2, 0.25) is 0 Å². The van der Waals surface area contributed by atoms with Gasteiger partial charge in [0.05, 0.1) is 17.4 Å². The van der Waals surface area contributed by atoms with E-state index in [9.17, 15) is 19.8 Å². The zero-order valence-corrected chi connectivity index (χ0v) is 16.7. The first-order valence-corrected chi connectivity index (χ1v) is 6.17. The van der Waals surface area contributed by atoms with Crippen LogP contribution in [0.4, 0.5) is 0 Å². The molecule has 6 heteroatoms. The average Bonchev–Trinajstić information content (AvgIpc) is 2.16. The number of carboxylic acids is 2. The molecule has 19 heavy (non-hydrogen) atoms. The summed E-state index contributed by atoms with van der Waals surface area (Å²) < 4.78 is 0. The van der Waals surface area contributed by atoms with Crippen LogP contribution in [-0.4, -0.2) is 11.9 Å². The number of hydrogen-bond acceptors (Lipinski definition) is 4. The van der Waals surface area contributed by atoms with Crippen molar-refractivity contribution in [1.82, 2.24) is 0 Å². The standard InChI is InChI=1S/C13H22O4.2Na/c1-12(2,3)13(10(14)15,11(16)17)9-7-5-4-6-8-9;;/h9H,4-8H2,1-3H3,(H,14,15)(H,16,17);;/q;2*+1/p-2. The summed E-state index contributed by atoms with van der Waals surface area (Å²) >= 11 is 0. The first kappa shape index (κ1) is 22.2. The van der Waals surface area contributed by atoms with Crippen LogP contribution in [0, 0.1) is 16.7 Å². The molecule has 0 radical (unpaired) electrons. The van der Waals surface area contributed by atoms with E-state index in [0.717, 1.165) is 19.3 Å². The van der Waals surface area contributed by atoms with E-state index in [1.165, 1.54) is 0 Å². The van der Waals surface area contributed by atoms with Crippen molar-refractivity contribution in [3.8, 4) is 0 Å². The van der Waals surface area contributed by atoms with Crippen LogP contribution in [0.15, 0.2) is 0 Å². The Morgan fingerprint density at radius 3 is 1.53 bits per heavy atom. The second-order valence-corrected chi connectivity index (χ2v) is 5.97. The Balaban J connectivity index is 0. The van der Waals surface area contributed by atoms with Crippen LogP contribution in [0.1, 0.15) is 52.9 Å². The van der Waals surface area contributed by atoms with Crippen molar-refractivity contribution >= 4 is 11.9 Å². The quantitative estimate of drug-likeness (QED) is 0.382. The van der Waals surface area contributed by atoms with Crippen molar-refractivity contribution in [2.45, 2.75) is 52.9 Å². The molecule has 1 saturated carbocycles. The molecule has 0 aromatic rings. The Labute approximate surface area is 159 Å². The van der Waals surface area contributed by atoms with Gasteiger partial charge in [-0.3, -0.25) is 0 Å². The molecular weight excluding hydrogens is 266 g/mol. The Morgan fingerprint density at radius 1 is 0.895 bits per heavy atom. The van der Waals surface area contributed by atoms with E-state index in [-0.39, 0.29) is 65.0 Å². The number of carboxylic acid groups (broad SMARTS) is 2. The fourth-order valence-corrected chi connectivity index (χ4v) is 3.18. The van der Waals surface area contributed by atoms with E-state index < -0.39 is 22.8 Å². The van der Waals surface area contributed by atoms with Gasteiger partial charge in [-0.25, -0.2) is 0 Å². The van der Waals surface area contributed by atoms with Crippen molar-refractivity contribution in [2.75, 3.05) is 0 Å². The fraction of sp³-hybridized carbons (Fsp3) is 0.846. The largest absolute Gasteiger partial charge is 1.00 e. The first-order valence-electron chi connectivity index (χ1n) is 6.17. The molecule has 98 valence electrons. The maximum absolute atomic E-state index is 11.5. The van der Waals surface area contributed by atoms with E-state index in [1.807, 2.05) is 0 Å². The first-order chi connectivity index (χ1) is 7.74. The van der Waals surface area contributed by atoms with Gasteiger partial charge in [-0.05, 0) is 24.2 Å². The Morgan fingerprint density at radius 2 is 1.26 bits per heavy atom. The van der Waals surface area contributed by atoms with E-state index in [4.69, 9.17) is 0 Å². The van der Waals surface area contributed by atoms with Gasteiger partial charge < -0.3 is 19.8 Å². The van der Waals surface area contributed by atoms with Gasteiger partial charge in [0.25, 0.3) is 0 Å². The maximum atomic E-state index is 11.5. The summed E-state index contributed by atoms with van der Waals surface area (Å²) in [6.45, 7) is 4.90. The summed E-state index contributed by atoms with van der Waals surface area (Å²) in [7, 11) is 0. The fourth-order valence-electron chi connectivity index (χ4n) is 3.18. The summed E-state index contributed by atoms with van der Waals surface area (Å²) in [5.41, 5.74) is -2.79. The summed E-state index contributed by atoms with van der Waals surface area (Å²) in [5.74, 6) is -3.39. The van der Waals surface area contributed by atoms with Gasteiger partial charge in [-0.1, -0.05) is 40.0 Å². The molecule has 0 aromatic heterocycles. The number of carbonyl (C=O) groups excluding carboxylic acids is 2. The zero-order chi connectivity index (χ0) is 13.3. The Kier molecular flexibility index (Phi) is 9.82. The van der Waals surface area contributed by atoms with Gasteiger partial charge in [0.15, 0.2) is 0 Å². The molecule has 0 amide bonds. The van der Waals surface area contributed by atoms with Crippen molar-refractivity contribution < 1.29 is 78.9 Å². The molecule has 0 unspecified atom stereocenters. The SMILES string of the molecule is CC(C)(C)C(C(=O)[O-])(C(=O)[O-])C1CCCCC1.[Na+].[Na+]. The third-order valence-electron chi connectivity index (χ3n) is 4.04. The monoisotopic (exact) mass is 286 g/mol. The molecule has 0 spiro atoms. The molecule has 4 nitrogen and oxygen atoms in total. The zero-order valence-electron chi connectivity index (χ0n) is 12.7. The van der Waals surface area contributed by atoms with Crippen LogP contribution < -0.4 is 69.3 Å². The Hall–Kier alpha value is 0.940. The summed E-state index contributed by atoms with van der Waals surface area (Å²) in [6.07, 6.45) is 4.04. The van der Waals surface area contributed by atoms with Gasteiger partial charge in [-0.2, -0.15) is 0 Å². The maximum Gasteiger partial charge on any atom is 1.00 e. The summed E-state index contributed by atoms with van der Waals surface area (Å²) in [5, 5.41) is 23.0. The van der Waals surface area contributed by atoms with Gasteiger partial charge >= 0.3 is 59.1 Å². The molecule has 0 saturated heterocycles. The topological polar surface area (TPSA) is 80.3 Å². The molecule has 0 atom stereocenters. The second kappa shape index (κ2) is 8.40. The minimum absolute atomic E-state index is 0. The van der Waals surface area contributed by atoms with Crippen LogP contribution >= 0.6 is 0 Å². The van der Waals surface area contributed by atoms with Crippen molar-refractivity contribution in [3.05, 3.63) is 0 Å². The predicted molar refractivity (Wildman–Crippen MR) is 58.5 cm³/mol. The van der Waals surface area contributed by atoms with Gasteiger partial charge in [0.1, 0.15) is 0 Å². The molecule has 1 fully saturated rings. The van der Waals surface area contributed by atoms with E-state index in [1.54, 1.807) is 20.8 Å². The molecular formula is C13H20Na2O4. The van der Waals surface area contributed by atoms with Gasteiger partial charge in [0.2, 0.25) is 0 Å². The third-order valence-corrected chi connectivity index (χ3v) is 4.04. The number of hydrogen-bond donors (Lipinski definition) is 0. The molecule has 0 N–H and O–H groups in total.